The number of rotatable bonds is 3. The number of aryl methyl sites for hydroxylation is 1. The summed E-state index contributed by atoms with van der Waals surface area (Å²) in [6.45, 7) is 4.16. The van der Waals surface area contributed by atoms with Gasteiger partial charge in [-0.1, -0.05) is 19.1 Å². The van der Waals surface area contributed by atoms with Crippen LogP contribution in [0.2, 0.25) is 0 Å². The Balaban J connectivity index is 2.71. The molecule has 3 nitrogen and oxygen atoms in total. The van der Waals surface area contributed by atoms with Crippen molar-refractivity contribution in [2.24, 2.45) is 5.73 Å². The third kappa shape index (κ3) is 2.02. The van der Waals surface area contributed by atoms with E-state index < -0.39 is 0 Å². The first-order chi connectivity index (χ1) is 8.06. The fraction of sp³-hybridized carbons (Fsp3) is 0.538. The van der Waals surface area contributed by atoms with Crippen molar-refractivity contribution in [2.45, 2.75) is 45.6 Å². The number of fused-ring (bicyclic) bond motifs is 1. The van der Waals surface area contributed by atoms with E-state index in [-0.39, 0.29) is 16.6 Å². The van der Waals surface area contributed by atoms with Gasteiger partial charge in [0.1, 0.15) is 4.99 Å². The van der Waals surface area contributed by atoms with Gasteiger partial charge >= 0.3 is 0 Å². The minimum atomic E-state index is -0.0208. The molecule has 1 aromatic rings. The van der Waals surface area contributed by atoms with E-state index in [9.17, 15) is 4.79 Å². The van der Waals surface area contributed by atoms with E-state index in [1.165, 1.54) is 11.3 Å². The summed E-state index contributed by atoms with van der Waals surface area (Å²) < 4.78 is 1.90. The third-order valence-corrected chi connectivity index (χ3v) is 3.81. The Kier molecular flexibility index (Phi) is 3.33. The highest BCUT2D eigenvalue weighted by atomic mass is 32.1. The number of hydrogen-bond acceptors (Lipinski definition) is 2. The van der Waals surface area contributed by atoms with Crippen molar-refractivity contribution in [1.82, 2.24) is 4.57 Å². The smallest absolute Gasteiger partial charge is 0.261 e. The first kappa shape index (κ1) is 12.3. The molecule has 1 heterocycles. The highest BCUT2D eigenvalue weighted by Crippen LogP contribution is 2.24. The largest absolute Gasteiger partial charge is 0.389 e. The Morgan fingerprint density at radius 2 is 2.29 bits per heavy atom. The van der Waals surface area contributed by atoms with Gasteiger partial charge in [-0.05, 0) is 44.2 Å². The van der Waals surface area contributed by atoms with Crippen molar-refractivity contribution in [2.75, 3.05) is 0 Å². The van der Waals surface area contributed by atoms with Gasteiger partial charge in [0.25, 0.3) is 5.56 Å². The van der Waals surface area contributed by atoms with Crippen LogP contribution < -0.4 is 11.3 Å². The van der Waals surface area contributed by atoms with Gasteiger partial charge < -0.3 is 10.3 Å². The topological polar surface area (TPSA) is 48.0 Å². The monoisotopic (exact) mass is 250 g/mol. The summed E-state index contributed by atoms with van der Waals surface area (Å²) in [5, 5.41) is 0. The van der Waals surface area contributed by atoms with Gasteiger partial charge in [0.2, 0.25) is 0 Å². The van der Waals surface area contributed by atoms with Crippen LogP contribution in [0.4, 0.5) is 0 Å². The summed E-state index contributed by atoms with van der Waals surface area (Å²) in [7, 11) is 0. The zero-order chi connectivity index (χ0) is 12.6. The summed E-state index contributed by atoms with van der Waals surface area (Å²) in [5.41, 5.74) is 8.55. The molecule has 0 amide bonds. The molecule has 2 rings (SSSR count). The molecule has 1 aromatic heterocycles. The Morgan fingerprint density at radius 1 is 1.59 bits per heavy atom. The molecule has 1 unspecified atom stereocenters. The Labute approximate surface area is 107 Å². The maximum atomic E-state index is 12.4. The molecule has 2 N–H and O–H groups in total. The van der Waals surface area contributed by atoms with Crippen LogP contribution in [0.15, 0.2) is 10.9 Å². The van der Waals surface area contributed by atoms with Crippen LogP contribution >= 0.6 is 12.2 Å². The molecule has 0 aromatic carbocycles. The SMILES string of the molecule is CCC(C)n1c2c(cc(C(N)=S)c1=O)CCC2. The standard InChI is InChI=1S/C13H18N2OS/c1-3-8(2)15-11-6-4-5-9(11)7-10(12(14)17)13(15)16/h7-8H,3-6H2,1-2H3,(H2,14,17). The number of pyridine rings is 1. The molecule has 4 heteroatoms. The van der Waals surface area contributed by atoms with Gasteiger partial charge in [-0.25, -0.2) is 0 Å². The van der Waals surface area contributed by atoms with Crippen LogP contribution in [0.3, 0.4) is 0 Å². The van der Waals surface area contributed by atoms with Crippen molar-refractivity contribution >= 4 is 17.2 Å². The predicted molar refractivity (Wildman–Crippen MR) is 73.6 cm³/mol. The number of nitrogens with two attached hydrogens (primary N) is 1. The minimum Gasteiger partial charge on any atom is -0.389 e. The highest BCUT2D eigenvalue weighted by molar-refractivity contribution is 7.80. The van der Waals surface area contributed by atoms with Gasteiger partial charge in [0.15, 0.2) is 0 Å². The molecule has 0 bridgehead atoms. The van der Waals surface area contributed by atoms with Gasteiger partial charge in [0, 0.05) is 11.7 Å². The van der Waals surface area contributed by atoms with E-state index in [0.29, 0.717) is 5.56 Å². The first-order valence-electron chi connectivity index (χ1n) is 6.13. The van der Waals surface area contributed by atoms with Crippen molar-refractivity contribution in [3.05, 3.63) is 33.2 Å². The van der Waals surface area contributed by atoms with E-state index in [1.54, 1.807) is 0 Å². The van der Waals surface area contributed by atoms with E-state index >= 15 is 0 Å². The summed E-state index contributed by atoms with van der Waals surface area (Å²) in [4.78, 5) is 12.6. The fourth-order valence-corrected chi connectivity index (χ4v) is 2.64. The summed E-state index contributed by atoms with van der Waals surface area (Å²) in [6, 6.07) is 2.11. The van der Waals surface area contributed by atoms with Crippen LogP contribution in [0, 0.1) is 0 Å². The van der Waals surface area contributed by atoms with Crippen molar-refractivity contribution in [3.8, 4) is 0 Å². The molecule has 0 aliphatic heterocycles. The second-order valence-corrected chi connectivity index (χ2v) is 5.12. The molecule has 1 atom stereocenters. The lowest BCUT2D eigenvalue weighted by molar-refractivity contribution is 0.496. The lowest BCUT2D eigenvalue weighted by Gasteiger charge is -2.19. The zero-order valence-corrected chi connectivity index (χ0v) is 11.1. The van der Waals surface area contributed by atoms with Crippen molar-refractivity contribution in [1.29, 1.82) is 0 Å². The highest BCUT2D eigenvalue weighted by Gasteiger charge is 2.21. The maximum Gasteiger partial charge on any atom is 0.261 e. The quantitative estimate of drug-likeness (QED) is 0.834. The van der Waals surface area contributed by atoms with Crippen LogP contribution in [0.1, 0.15) is 49.6 Å². The minimum absolute atomic E-state index is 0.0208. The summed E-state index contributed by atoms with van der Waals surface area (Å²) >= 11 is 4.97. The lowest BCUT2D eigenvalue weighted by Crippen LogP contribution is -2.33. The molecular formula is C13H18N2OS. The van der Waals surface area contributed by atoms with Gasteiger partial charge in [-0.15, -0.1) is 0 Å². The molecule has 1 aliphatic carbocycles. The average Bonchev–Trinajstić information content (AvgIpc) is 2.74. The first-order valence-corrected chi connectivity index (χ1v) is 6.54. The zero-order valence-electron chi connectivity index (χ0n) is 10.3. The lowest BCUT2D eigenvalue weighted by atomic mass is 10.1. The second kappa shape index (κ2) is 4.61. The molecule has 0 spiro atoms. The molecule has 0 fully saturated rings. The molecule has 0 saturated carbocycles. The Hall–Kier alpha value is -1.16. The van der Waals surface area contributed by atoms with Crippen molar-refractivity contribution in [3.63, 3.8) is 0 Å². The Bertz CT molecular complexity index is 519. The van der Waals surface area contributed by atoms with Gasteiger partial charge in [-0.2, -0.15) is 0 Å². The average molecular weight is 250 g/mol. The number of hydrogen-bond donors (Lipinski definition) is 1. The number of thiocarbonyl (C=S) groups is 1. The molecule has 0 radical (unpaired) electrons. The number of nitrogens with zero attached hydrogens (tertiary/aromatic N) is 1. The van der Waals surface area contributed by atoms with Gasteiger partial charge in [-0.3, -0.25) is 4.79 Å². The maximum absolute atomic E-state index is 12.4. The van der Waals surface area contributed by atoms with E-state index in [2.05, 4.69) is 13.8 Å². The second-order valence-electron chi connectivity index (χ2n) is 4.68. The molecule has 1 aliphatic rings. The van der Waals surface area contributed by atoms with E-state index in [0.717, 1.165) is 25.7 Å². The molecule has 0 saturated heterocycles. The number of aromatic nitrogens is 1. The summed E-state index contributed by atoms with van der Waals surface area (Å²) in [6.07, 6.45) is 4.08. The van der Waals surface area contributed by atoms with Crippen molar-refractivity contribution < 1.29 is 0 Å². The van der Waals surface area contributed by atoms with Crippen LogP contribution in [0.5, 0.6) is 0 Å². The third-order valence-electron chi connectivity index (χ3n) is 3.59. The normalized spacial score (nSPS) is 15.6. The molecule has 92 valence electrons. The van der Waals surface area contributed by atoms with Crippen LogP contribution in [-0.2, 0) is 12.8 Å². The predicted octanol–water partition coefficient (Wildman–Crippen LogP) is 1.94. The molecular weight excluding hydrogens is 232 g/mol. The van der Waals surface area contributed by atoms with Crippen LogP contribution in [0.25, 0.3) is 0 Å². The van der Waals surface area contributed by atoms with E-state index in [1.807, 2.05) is 10.6 Å². The van der Waals surface area contributed by atoms with Crippen LogP contribution in [-0.4, -0.2) is 9.56 Å². The van der Waals surface area contributed by atoms with E-state index in [4.69, 9.17) is 18.0 Å². The molecule has 17 heavy (non-hydrogen) atoms. The Morgan fingerprint density at radius 3 is 2.88 bits per heavy atom. The van der Waals surface area contributed by atoms with Gasteiger partial charge in [0.05, 0.1) is 5.56 Å². The summed E-state index contributed by atoms with van der Waals surface area (Å²) in [5.74, 6) is 0. The fourth-order valence-electron chi connectivity index (χ4n) is 2.50.